The third kappa shape index (κ3) is 3.92. The summed E-state index contributed by atoms with van der Waals surface area (Å²) >= 11 is 0. The molecule has 0 aromatic heterocycles. The van der Waals surface area contributed by atoms with Gasteiger partial charge in [-0.3, -0.25) is 4.79 Å². The molecule has 2 atom stereocenters. The number of hydrogen-bond donors (Lipinski definition) is 0. The average Bonchev–Trinajstić information content (AvgIpc) is 2.49. The van der Waals surface area contributed by atoms with Gasteiger partial charge in [0.05, 0.1) is 8.81 Å². The van der Waals surface area contributed by atoms with Gasteiger partial charge in [-0.1, -0.05) is 55.5 Å². The molecule has 0 saturated heterocycles. The Morgan fingerprint density at radius 2 is 2.05 bits per heavy atom. The van der Waals surface area contributed by atoms with Crippen LogP contribution < -0.4 is 0 Å². The zero-order valence-corrected chi connectivity index (χ0v) is 13.7. The van der Waals surface area contributed by atoms with Gasteiger partial charge in [0, 0.05) is 12.6 Å². The first-order valence-electron chi connectivity index (χ1n) is 7.18. The molecule has 0 heterocycles. The Morgan fingerprint density at radius 3 is 2.76 bits per heavy atom. The topological polar surface area (TPSA) is 26.3 Å². The van der Waals surface area contributed by atoms with Crippen LogP contribution in [-0.4, -0.2) is 5.97 Å². The van der Waals surface area contributed by atoms with E-state index < -0.39 is 0 Å². The van der Waals surface area contributed by atoms with Gasteiger partial charge >= 0.3 is 5.97 Å². The number of rotatable bonds is 5. The summed E-state index contributed by atoms with van der Waals surface area (Å²) in [5.74, 6) is -0.213. The first-order chi connectivity index (χ1) is 10.1. The van der Waals surface area contributed by atoms with Gasteiger partial charge in [0.2, 0.25) is 0 Å². The molecule has 0 spiro atoms. The molecule has 0 N–H and O–H groups in total. The molecule has 0 aliphatic heterocycles. The summed E-state index contributed by atoms with van der Waals surface area (Å²) < 4.78 is 5.24. The molecule has 2 aromatic rings. The van der Waals surface area contributed by atoms with E-state index in [1.54, 1.807) is 0 Å². The quantitative estimate of drug-likeness (QED) is 0.562. The predicted molar refractivity (Wildman–Crippen MR) is 91.0 cm³/mol. The Kier molecular flexibility index (Phi) is 5.52. The molecule has 0 aliphatic carbocycles. The van der Waals surface area contributed by atoms with Crippen molar-refractivity contribution in [3.8, 4) is 0 Å². The second kappa shape index (κ2) is 7.38. The highest BCUT2D eigenvalue weighted by molar-refractivity contribution is 7.33. The van der Waals surface area contributed by atoms with E-state index >= 15 is 0 Å². The average molecular weight is 300 g/mol. The maximum Gasteiger partial charge on any atom is 0.305 e. The van der Waals surface area contributed by atoms with E-state index in [1.807, 2.05) is 6.92 Å². The molecule has 3 heteroatoms. The van der Waals surface area contributed by atoms with Crippen LogP contribution in [0.2, 0.25) is 0 Å². The van der Waals surface area contributed by atoms with Crippen LogP contribution in [0.25, 0.3) is 10.8 Å². The van der Waals surface area contributed by atoms with Gasteiger partial charge < -0.3 is 4.52 Å². The molecule has 0 amide bonds. The number of benzene rings is 2. The molecule has 0 fully saturated rings. The van der Waals surface area contributed by atoms with E-state index in [1.165, 1.54) is 28.8 Å². The van der Waals surface area contributed by atoms with Crippen molar-refractivity contribution in [2.75, 3.05) is 0 Å². The van der Waals surface area contributed by atoms with Crippen molar-refractivity contribution in [3.05, 3.63) is 59.7 Å². The van der Waals surface area contributed by atoms with Crippen molar-refractivity contribution in [2.24, 2.45) is 0 Å². The van der Waals surface area contributed by atoms with E-state index in [-0.39, 0.29) is 20.4 Å². The highest BCUT2D eigenvalue weighted by Crippen LogP contribution is 2.40. The van der Waals surface area contributed by atoms with E-state index in [4.69, 9.17) is 4.52 Å². The monoisotopic (exact) mass is 300 g/mol. The number of allylic oxidation sites excluding steroid dienone is 2. The van der Waals surface area contributed by atoms with Crippen molar-refractivity contribution in [1.82, 2.24) is 0 Å². The summed E-state index contributed by atoms with van der Waals surface area (Å²) in [6.45, 7) is 5.62. The Bertz CT molecular complexity index is 661. The Morgan fingerprint density at radius 1 is 1.29 bits per heavy atom. The highest BCUT2D eigenvalue weighted by Gasteiger charge is 2.15. The van der Waals surface area contributed by atoms with Gasteiger partial charge in [-0.15, -0.1) is 0 Å². The van der Waals surface area contributed by atoms with Crippen molar-refractivity contribution < 1.29 is 9.32 Å². The molecule has 0 saturated carbocycles. The van der Waals surface area contributed by atoms with Crippen molar-refractivity contribution in [3.63, 3.8) is 0 Å². The number of carbonyl (C=O) groups is 1. The van der Waals surface area contributed by atoms with Crippen LogP contribution in [0.4, 0.5) is 0 Å². The molecule has 0 bridgehead atoms. The lowest BCUT2D eigenvalue weighted by molar-refractivity contribution is -0.131. The fourth-order valence-corrected chi connectivity index (χ4v) is 3.31. The molecule has 110 valence electrons. The number of fused-ring (bicyclic) bond motifs is 1. The summed E-state index contributed by atoms with van der Waals surface area (Å²) in [4.78, 5) is 11.1. The van der Waals surface area contributed by atoms with E-state index in [2.05, 4.69) is 55.5 Å². The first kappa shape index (κ1) is 15.7. The zero-order valence-electron chi connectivity index (χ0n) is 12.7. The van der Waals surface area contributed by atoms with E-state index in [9.17, 15) is 4.79 Å². The van der Waals surface area contributed by atoms with Crippen molar-refractivity contribution >= 4 is 25.5 Å². The lowest BCUT2D eigenvalue weighted by Gasteiger charge is -2.18. The first-order valence-corrected chi connectivity index (χ1v) is 8.16. The van der Waals surface area contributed by atoms with Crippen LogP contribution in [0.3, 0.4) is 0 Å². The van der Waals surface area contributed by atoms with Gasteiger partial charge in [0.15, 0.2) is 0 Å². The maximum absolute atomic E-state index is 11.1. The number of carbonyl (C=O) groups excluding carboxylic acids is 1. The van der Waals surface area contributed by atoms with E-state index in [0.717, 1.165) is 6.42 Å². The van der Waals surface area contributed by atoms with Crippen LogP contribution in [0.5, 0.6) is 0 Å². The maximum atomic E-state index is 11.1. The van der Waals surface area contributed by atoms with Crippen molar-refractivity contribution in [2.45, 2.75) is 32.9 Å². The second-order valence-electron chi connectivity index (χ2n) is 5.07. The lowest BCUT2D eigenvalue weighted by atomic mass is 9.95. The van der Waals surface area contributed by atoms with Crippen LogP contribution in [0.15, 0.2) is 48.6 Å². The minimum absolute atomic E-state index is 0.155. The third-order valence-electron chi connectivity index (χ3n) is 3.45. The molecular weight excluding hydrogens is 279 g/mol. The minimum Gasteiger partial charge on any atom is -0.448 e. The Hall–Kier alpha value is -1.66. The predicted octanol–water partition coefficient (Wildman–Crippen LogP) is 5.18. The van der Waals surface area contributed by atoms with Gasteiger partial charge in [-0.2, -0.15) is 0 Å². The molecule has 2 unspecified atom stereocenters. The zero-order chi connectivity index (χ0) is 15.2. The van der Waals surface area contributed by atoms with Crippen LogP contribution >= 0.6 is 8.81 Å². The van der Waals surface area contributed by atoms with Gasteiger partial charge in [-0.25, -0.2) is 0 Å². The molecule has 2 rings (SSSR count). The molecule has 2 nitrogen and oxygen atoms in total. The smallest absolute Gasteiger partial charge is 0.305 e. The summed E-state index contributed by atoms with van der Waals surface area (Å²) in [7, 11) is 0.155. The SMILES string of the molecule is C/C=C/Cc1ccc2ccccc2c1C(C)POC(C)=O. The molecule has 0 radical (unpaired) electrons. The molecule has 2 aromatic carbocycles. The minimum atomic E-state index is -0.213. The lowest BCUT2D eigenvalue weighted by Crippen LogP contribution is -1.99. The summed E-state index contributed by atoms with van der Waals surface area (Å²) in [5.41, 5.74) is 2.81. The highest BCUT2D eigenvalue weighted by atomic mass is 31.1. The molecule has 0 aliphatic rings. The van der Waals surface area contributed by atoms with Crippen LogP contribution in [0, 0.1) is 0 Å². The third-order valence-corrected chi connectivity index (χ3v) is 4.49. The number of hydrogen-bond acceptors (Lipinski definition) is 2. The van der Waals surface area contributed by atoms with Gasteiger partial charge in [0.25, 0.3) is 0 Å². The van der Waals surface area contributed by atoms with Crippen LogP contribution in [0.1, 0.15) is 37.6 Å². The molecular formula is C18H21O2P. The largest absolute Gasteiger partial charge is 0.448 e. The molecule has 21 heavy (non-hydrogen) atoms. The summed E-state index contributed by atoms with van der Waals surface area (Å²) in [5, 5.41) is 2.49. The summed E-state index contributed by atoms with van der Waals surface area (Å²) in [6, 6.07) is 12.7. The van der Waals surface area contributed by atoms with E-state index in [0.29, 0.717) is 0 Å². The van der Waals surface area contributed by atoms with Gasteiger partial charge in [-0.05, 0) is 35.2 Å². The van der Waals surface area contributed by atoms with Crippen molar-refractivity contribution in [1.29, 1.82) is 0 Å². The Labute approximate surface area is 128 Å². The fourth-order valence-electron chi connectivity index (χ4n) is 2.51. The summed E-state index contributed by atoms with van der Waals surface area (Å²) in [6.07, 6.45) is 5.14. The van der Waals surface area contributed by atoms with Crippen LogP contribution in [-0.2, 0) is 15.7 Å². The van der Waals surface area contributed by atoms with Gasteiger partial charge in [0.1, 0.15) is 0 Å². The fraction of sp³-hybridized carbons (Fsp3) is 0.278. The standard InChI is InChI=1S/C18H21O2P/c1-4-5-8-16-12-11-15-9-6-7-10-17(15)18(16)13(2)21-20-14(3)19/h4-7,9-13,21H,8H2,1-3H3/b5-4+. The second-order valence-corrected chi connectivity index (χ2v) is 6.37. The Balaban J connectivity index is 2.46. The normalized spacial score (nSPS) is 13.3.